The minimum atomic E-state index is 0.190. The van der Waals surface area contributed by atoms with Crippen molar-refractivity contribution in [2.75, 3.05) is 11.4 Å². The standard InChI is InChI=1S/C18H19NO/c1-14-11-16-9-5-6-10-17(16)19(13-14)18(20)12-15-7-3-2-4-8-15/h2-10,14H,11-13H2,1H3. The monoisotopic (exact) mass is 265 g/mol. The van der Waals surface area contributed by atoms with Crippen LogP contribution in [0.4, 0.5) is 5.69 Å². The molecule has 2 nitrogen and oxygen atoms in total. The van der Waals surface area contributed by atoms with Gasteiger partial charge < -0.3 is 4.90 Å². The number of amides is 1. The molecule has 1 heterocycles. The summed E-state index contributed by atoms with van der Waals surface area (Å²) in [6.45, 7) is 3.03. The van der Waals surface area contributed by atoms with Gasteiger partial charge in [0, 0.05) is 12.2 Å². The molecule has 1 amide bonds. The van der Waals surface area contributed by atoms with Crippen molar-refractivity contribution in [2.45, 2.75) is 19.8 Å². The molecule has 2 aromatic rings. The number of nitrogens with zero attached hydrogens (tertiary/aromatic N) is 1. The number of para-hydroxylation sites is 1. The third kappa shape index (κ3) is 2.60. The summed E-state index contributed by atoms with van der Waals surface area (Å²) in [5.41, 5.74) is 3.45. The third-order valence-electron chi connectivity index (χ3n) is 3.84. The quantitative estimate of drug-likeness (QED) is 0.814. The number of carbonyl (C=O) groups is 1. The van der Waals surface area contributed by atoms with Gasteiger partial charge in [-0.15, -0.1) is 0 Å². The van der Waals surface area contributed by atoms with Gasteiger partial charge in [0.2, 0.25) is 5.91 Å². The van der Waals surface area contributed by atoms with Gasteiger partial charge in [-0.1, -0.05) is 55.5 Å². The van der Waals surface area contributed by atoms with Crippen molar-refractivity contribution in [3.8, 4) is 0 Å². The fraction of sp³-hybridized carbons (Fsp3) is 0.278. The Hall–Kier alpha value is -2.09. The normalized spacial score (nSPS) is 17.6. The van der Waals surface area contributed by atoms with Crippen molar-refractivity contribution in [1.82, 2.24) is 0 Å². The average molecular weight is 265 g/mol. The van der Waals surface area contributed by atoms with Crippen LogP contribution >= 0.6 is 0 Å². The van der Waals surface area contributed by atoms with Crippen molar-refractivity contribution >= 4 is 11.6 Å². The van der Waals surface area contributed by atoms with E-state index in [1.165, 1.54) is 5.56 Å². The van der Waals surface area contributed by atoms with E-state index in [9.17, 15) is 4.79 Å². The van der Waals surface area contributed by atoms with Crippen molar-refractivity contribution in [3.05, 3.63) is 65.7 Å². The molecular weight excluding hydrogens is 246 g/mol. The molecule has 0 fully saturated rings. The number of fused-ring (bicyclic) bond motifs is 1. The maximum Gasteiger partial charge on any atom is 0.231 e. The van der Waals surface area contributed by atoms with Gasteiger partial charge in [-0.3, -0.25) is 4.79 Å². The van der Waals surface area contributed by atoms with Gasteiger partial charge in [-0.05, 0) is 29.5 Å². The molecule has 20 heavy (non-hydrogen) atoms. The molecule has 0 spiro atoms. The van der Waals surface area contributed by atoms with Crippen LogP contribution in [0, 0.1) is 5.92 Å². The summed E-state index contributed by atoms with van der Waals surface area (Å²) in [6, 6.07) is 18.2. The van der Waals surface area contributed by atoms with Crippen LogP contribution in [-0.2, 0) is 17.6 Å². The maximum atomic E-state index is 12.6. The summed E-state index contributed by atoms with van der Waals surface area (Å²) >= 11 is 0. The first-order chi connectivity index (χ1) is 9.74. The lowest BCUT2D eigenvalue weighted by Gasteiger charge is -2.33. The molecule has 0 aliphatic carbocycles. The van der Waals surface area contributed by atoms with E-state index in [4.69, 9.17) is 0 Å². The molecular formula is C18H19NO. The molecule has 0 aromatic heterocycles. The van der Waals surface area contributed by atoms with Crippen molar-refractivity contribution in [3.63, 3.8) is 0 Å². The molecule has 3 rings (SSSR count). The Labute approximate surface area is 120 Å². The lowest BCUT2D eigenvalue weighted by molar-refractivity contribution is -0.118. The minimum Gasteiger partial charge on any atom is -0.312 e. The molecule has 0 saturated heterocycles. The molecule has 0 saturated carbocycles. The summed E-state index contributed by atoms with van der Waals surface area (Å²) in [5, 5.41) is 0. The summed E-state index contributed by atoms with van der Waals surface area (Å²) in [4.78, 5) is 14.6. The highest BCUT2D eigenvalue weighted by molar-refractivity contribution is 5.95. The van der Waals surface area contributed by atoms with Crippen molar-refractivity contribution < 1.29 is 4.79 Å². The Balaban J connectivity index is 1.85. The van der Waals surface area contributed by atoms with E-state index in [0.29, 0.717) is 12.3 Å². The van der Waals surface area contributed by atoms with Gasteiger partial charge in [-0.25, -0.2) is 0 Å². The lowest BCUT2D eigenvalue weighted by atomic mass is 9.93. The number of benzene rings is 2. The second-order valence-corrected chi connectivity index (χ2v) is 5.60. The molecule has 0 bridgehead atoms. The largest absolute Gasteiger partial charge is 0.312 e. The van der Waals surface area contributed by atoms with E-state index >= 15 is 0 Å². The van der Waals surface area contributed by atoms with E-state index < -0.39 is 0 Å². The molecule has 1 unspecified atom stereocenters. The minimum absolute atomic E-state index is 0.190. The van der Waals surface area contributed by atoms with Crippen LogP contribution in [0.15, 0.2) is 54.6 Å². The van der Waals surface area contributed by atoms with E-state index in [2.05, 4.69) is 25.1 Å². The summed E-state index contributed by atoms with van der Waals surface area (Å²) in [6.07, 6.45) is 1.53. The van der Waals surface area contributed by atoms with Crippen molar-refractivity contribution in [1.29, 1.82) is 0 Å². The summed E-state index contributed by atoms with van der Waals surface area (Å²) in [7, 11) is 0. The van der Waals surface area contributed by atoms with Gasteiger partial charge in [-0.2, -0.15) is 0 Å². The Morgan fingerprint density at radius 3 is 2.60 bits per heavy atom. The summed E-state index contributed by atoms with van der Waals surface area (Å²) < 4.78 is 0. The van der Waals surface area contributed by atoms with E-state index in [0.717, 1.165) is 24.2 Å². The maximum absolute atomic E-state index is 12.6. The number of hydrogen-bond donors (Lipinski definition) is 0. The first-order valence-electron chi connectivity index (χ1n) is 7.16. The van der Waals surface area contributed by atoms with Crippen LogP contribution in [0.3, 0.4) is 0 Å². The van der Waals surface area contributed by atoms with Gasteiger partial charge >= 0.3 is 0 Å². The summed E-state index contributed by atoms with van der Waals surface area (Å²) in [5.74, 6) is 0.708. The fourth-order valence-corrected chi connectivity index (χ4v) is 2.90. The Bertz CT molecular complexity index is 606. The SMILES string of the molecule is CC1Cc2ccccc2N(C(=O)Cc2ccccc2)C1. The number of carbonyl (C=O) groups excluding carboxylic acids is 1. The van der Waals surface area contributed by atoms with Gasteiger partial charge in [0.1, 0.15) is 0 Å². The molecule has 0 radical (unpaired) electrons. The van der Waals surface area contributed by atoms with E-state index in [1.54, 1.807) is 0 Å². The van der Waals surface area contributed by atoms with Gasteiger partial charge in [0.15, 0.2) is 0 Å². The van der Waals surface area contributed by atoms with Gasteiger partial charge in [0.05, 0.1) is 6.42 Å². The first-order valence-corrected chi connectivity index (χ1v) is 7.16. The van der Waals surface area contributed by atoms with Crippen LogP contribution in [0.25, 0.3) is 0 Å². The molecule has 1 aliphatic rings. The topological polar surface area (TPSA) is 20.3 Å². The molecule has 0 N–H and O–H groups in total. The molecule has 2 heteroatoms. The molecule has 1 aliphatic heterocycles. The number of anilines is 1. The molecule has 102 valence electrons. The average Bonchev–Trinajstić information content (AvgIpc) is 2.47. The van der Waals surface area contributed by atoms with E-state index in [1.807, 2.05) is 41.3 Å². The van der Waals surface area contributed by atoms with Crippen LogP contribution in [0.1, 0.15) is 18.1 Å². The predicted molar refractivity (Wildman–Crippen MR) is 81.8 cm³/mol. The number of rotatable bonds is 2. The number of hydrogen-bond acceptors (Lipinski definition) is 1. The van der Waals surface area contributed by atoms with Crippen LogP contribution in [0.5, 0.6) is 0 Å². The van der Waals surface area contributed by atoms with Crippen molar-refractivity contribution in [2.24, 2.45) is 5.92 Å². The highest BCUT2D eigenvalue weighted by Crippen LogP contribution is 2.29. The Morgan fingerprint density at radius 2 is 1.80 bits per heavy atom. The van der Waals surface area contributed by atoms with Gasteiger partial charge in [0.25, 0.3) is 0 Å². The van der Waals surface area contributed by atoms with E-state index in [-0.39, 0.29) is 5.91 Å². The second-order valence-electron chi connectivity index (χ2n) is 5.60. The predicted octanol–water partition coefficient (Wildman–Crippen LogP) is 3.45. The zero-order valence-electron chi connectivity index (χ0n) is 11.8. The lowest BCUT2D eigenvalue weighted by Crippen LogP contribution is -2.40. The molecule has 1 atom stereocenters. The first kappa shape index (κ1) is 12.9. The fourth-order valence-electron chi connectivity index (χ4n) is 2.90. The Kier molecular flexibility index (Phi) is 3.55. The zero-order chi connectivity index (χ0) is 13.9. The smallest absolute Gasteiger partial charge is 0.231 e. The van der Waals surface area contributed by atoms with Crippen LogP contribution in [0.2, 0.25) is 0 Å². The third-order valence-corrected chi connectivity index (χ3v) is 3.84. The van der Waals surface area contributed by atoms with Crippen LogP contribution < -0.4 is 4.90 Å². The van der Waals surface area contributed by atoms with Crippen LogP contribution in [-0.4, -0.2) is 12.5 Å². The zero-order valence-corrected chi connectivity index (χ0v) is 11.8. The highest BCUT2D eigenvalue weighted by atomic mass is 16.2. The highest BCUT2D eigenvalue weighted by Gasteiger charge is 2.25. The molecule has 2 aromatic carbocycles. The second kappa shape index (κ2) is 5.49. The Morgan fingerprint density at radius 1 is 1.10 bits per heavy atom.